The number of aromatic hydroxyl groups is 1. The lowest BCUT2D eigenvalue weighted by Crippen LogP contribution is -2.13. The number of methoxy groups -OCH3 is 1. The Labute approximate surface area is 83.7 Å². The van der Waals surface area contributed by atoms with Crippen molar-refractivity contribution in [3.05, 3.63) is 23.8 Å². The zero-order valence-electron chi connectivity index (χ0n) is 8.29. The molecule has 1 aliphatic rings. The monoisotopic (exact) mass is 193 g/mol. The van der Waals surface area contributed by atoms with Gasteiger partial charge < -0.3 is 15.2 Å². The second kappa shape index (κ2) is 3.88. The molecule has 0 aliphatic carbocycles. The molecule has 3 nitrogen and oxygen atoms in total. The van der Waals surface area contributed by atoms with E-state index in [-0.39, 0.29) is 0 Å². The maximum Gasteiger partial charge on any atom is 0.123 e. The highest BCUT2D eigenvalue weighted by Gasteiger charge is 2.19. The summed E-state index contributed by atoms with van der Waals surface area (Å²) in [5.74, 6) is 1.15. The van der Waals surface area contributed by atoms with E-state index in [0.29, 0.717) is 11.8 Å². The van der Waals surface area contributed by atoms with Gasteiger partial charge in [0.15, 0.2) is 0 Å². The minimum Gasteiger partial charge on any atom is -0.508 e. The van der Waals surface area contributed by atoms with Gasteiger partial charge in [-0.3, -0.25) is 0 Å². The Kier molecular flexibility index (Phi) is 2.59. The molecule has 2 N–H and O–H groups in total. The molecule has 2 rings (SSSR count). The van der Waals surface area contributed by atoms with Crippen LogP contribution < -0.4 is 10.1 Å². The minimum absolute atomic E-state index is 0.300. The summed E-state index contributed by atoms with van der Waals surface area (Å²) < 4.78 is 5.26. The lowest BCUT2D eigenvalue weighted by atomic mass is 10.0. The number of nitrogens with one attached hydrogen (secondary N) is 1. The van der Waals surface area contributed by atoms with Crippen LogP contribution in [-0.2, 0) is 0 Å². The minimum atomic E-state index is 0.300. The number of phenols is 1. The van der Waals surface area contributed by atoms with Crippen LogP contribution in [-0.4, -0.2) is 18.8 Å². The predicted molar refractivity (Wildman–Crippen MR) is 54.6 cm³/mol. The van der Waals surface area contributed by atoms with Crippen molar-refractivity contribution in [2.75, 3.05) is 13.7 Å². The van der Waals surface area contributed by atoms with E-state index in [4.69, 9.17) is 4.74 Å². The summed E-state index contributed by atoms with van der Waals surface area (Å²) in [4.78, 5) is 0. The summed E-state index contributed by atoms with van der Waals surface area (Å²) in [6.45, 7) is 1.05. The Morgan fingerprint density at radius 1 is 1.50 bits per heavy atom. The van der Waals surface area contributed by atoms with E-state index in [2.05, 4.69) is 5.32 Å². The van der Waals surface area contributed by atoms with Gasteiger partial charge in [-0.15, -0.1) is 0 Å². The van der Waals surface area contributed by atoms with Crippen LogP contribution >= 0.6 is 0 Å². The highest BCUT2D eigenvalue weighted by atomic mass is 16.5. The number of ether oxygens (including phenoxy) is 1. The van der Waals surface area contributed by atoms with Crippen molar-refractivity contribution in [3.63, 3.8) is 0 Å². The van der Waals surface area contributed by atoms with Crippen LogP contribution in [0.15, 0.2) is 18.2 Å². The second-order valence-corrected chi connectivity index (χ2v) is 3.58. The molecule has 76 valence electrons. The highest BCUT2D eigenvalue weighted by molar-refractivity contribution is 5.41. The largest absolute Gasteiger partial charge is 0.508 e. The average molecular weight is 193 g/mol. The number of rotatable bonds is 2. The molecule has 14 heavy (non-hydrogen) atoms. The van der Waals surface area contributed by atoms with Gasteiger partial charge in [-0.1, -0.05) is 0 Å². The van der Waals surface area contributed by atoms with Gasteiger partial charge in [0.05, 0.1) is 7.11 Å². The zero-order chi connectivity index (χ0) is 9.97. The Morgan fingerprint density at radius 3 is 3.00 bits per heavy atom. The molecule has 1 aliphatic heterocycles. The fourth-order valence-electron chi connectivity index (χ4n) is 1.94. The van der Waals surface area contributed by atoms with E-state index in [9.17, 15) is 5.11 Å². The molecular weight excluding hydrogens is 178 g/mol. The van der Waals surface area contributed by atoms with Crippen LogP contribution in [0.4, 0.5) is 0 Å². The van der Waals surface area contributed by atoms with Crippen molar-refractivity contribution in [1.82, 2.24) is 5.32 Å². The average Bonchev–Trinajstić information content (AvgIpc) is 2.70. The summed E-state index contributed by atoms with van der Waals surface area (Å²) in [5, 5.41) is 12.8. The Morgan fingerprint density at radius 2 is 2.36 bits per heavy atom. The highest BCUT2D eigenvalue weighted by Crippen LogP contribution is 2.33. The predicted octanol–water partition coefficient (Wildman–Crippen LogP) is 1.83. The number of benzene rings is 1. The number of hydrogen-bond donors (Lipinski definition) is 2. The van der Waals surface area contributed by atoms with Crippen LogP contribution in [0.3, 0.4) is 0 Å². The quantitative estimate of drug-likeness (QED) is 0.752. The van der Waals surface area contributed by atoms with E-state index in [1.165, 1.54) is 6.42 Å². The zero-order valence-corrected chi connectivity index (χ0v) is 8.29. The molecule has 1 atom stereocenters. The van der Waals surface area contributed by atoms with Gasteiger partial charge in [-0.05, 0) is 37.6 Å². The molecule has 1 heterocycles. The normalized spacial score (nSPS) is 21.1. The fraction of sp³-hybridized carbons (Fsp3) is 0.455. The van der Waals surface area contributed by atoms with E-state index < -0.39 is 0 Å². The second-order valence-electron chi connectivity index (χ2n) is 3.58. The van der Waals surface area contributed by atoms with Gasteiger partial charge >= 0.3 is 0 Å². The standard InChI is InChI=1S/C11H15NO2/c1-14-11-5-4-8(13)7-9(11)10-3-2-6-12-10/h4-5,7,10,12-13H,2-3,6H2,1H3/t10-/m1/s1. The third-order valence-electron chi connectivity index (χ3n) is 2.65. The van der Waals surface area contributed by atoms with Crippen LogP contribution in [0.5, 0.6) is 11.5 Å². The summed E-state index contributed by atoms with van der Waals surface area (Å²) in [5.41, 5.74) is 1.06. The molecule has 0 aromatic heterocycles. The maximum atomic E-state index is 9.41. The van der Waals surface area contributed by atoms with Crippen LogP contribution in [0.1, 0.15) is 24.4 Å². The van der Waals surface area contributed by atoms with E-state index in [0.717, 1.165) is 24.3 Å². The molecule has 0 unspecified atom stereocenters. The third-order valence-corrected chi connectivity index (χ3v) is 2.65. The van der Waals surface area contributed by atoms with E-state index in [1.807, 2.05) is 6.07 Å². The number of phenolic OH excluding ortho intramolecular Hbond substituents is 1. The first kappa shape index (κ1) is 9.34. The molecule has 1 fully saturated rings. The van der Waals surface area contributed by atoms with Crippen molar-refractivity contribution in [2.24, 2.45) is 0 Å². The van der Waals surface area contributed by atoms with Crippen LogP contribution in [0.2, 0.25) is 0 Å². The molecule has 1 aromatic rings. The smallest absolute Gasteiger partial charge is 0.123 e. The number of hydrogen-bond acceptors (Lipinski definition) is 3. The molecule has 0 amide bonds. The molecule has 0 saturated carbocycles. The van der Waals surface area contributed by atoms with Crippen molar-refractivity contribution in [2.45, 2.75) is 18.9 Å². The van der Waals surface area contributed by atoms with E-state index in [1.54, 1.807) is 19.2 Å². The molecule has 0 spiro atoms. The molecule has 0 bridgehead atoms. The van der Waals surface area contributed by atoms with Gasteiger partial charge in [-0.25, -0.2) is 0 Å². The van der Waals surface area contributed by atoms with Gasteiger partial charge in [0.25, 0.3) is 0 Å². The van der Waals surface area contributed by atoms with Gasteiger partial charge in [0, 0.05) is 11.6 Å². The van der Waals surface area contributed by atoms with Crippen molar-refractivity contribution < 1.29 is 9.84 Å². The Bertz CT molecular complexity index is 319. The molecule has 0 radical (unpaired) electrons. The lowest BCUT2D eigenvalue weighted by Gasteiger charge is -2.14. The Hall–Kier alpha value is -1.22. The third kappa shape index (κ3) is 1.68. The lowest BCUT2D eigenvalue weighted by molar-refractivity contribution is 0.400. The first-order valence-electron chi connectivity index (χ1n) is 4.91. The van der Waals surface area contributed by atoms with Crippen molar-refractivity contribution in [3.8, 4) is 11.5 Å². The van der Waals surface area contributed by atoms with Crippen molar-refractivity contribution >= 4 is 0 Å². The topological polar surface area (TPSA) is 41.5 Å². The fourth-order valence-corrected chi connectivity index (χ4v) is 1.94. The van der Waals surface area contributed by atoms with Gasteiger partial charge in [0.2, 0.25) is 0 Å². The van der Waals surface area contributed by atoms with Gasteiger partial charge in [-0.2, -0.15) is 0 Å². The molecule has 3 heteroatoms. The molecule has 1 saturated heterocycles. The Balaban J connectivity index is 2.33. The molecular formula is C11H15NO2. The summed E-state index contributed by atoms with van der Waals surface area (Å²) >= 11 is 0. The SMILES string of the molecule is COc1ccc(O)cc1[C@H]1CCCN1. The first-order chi connectivity index (χ1) is 6.81. The maximum absolute atomic E-state index is 9.41. The van der Waals surface area contributed by atoms with Crippen molar-refractivity contribution in [1.29, 1.82) is 0 Å². The first-order valence-corrected chi connectivity index (χ1v) is 4.91. The van der Waals surface area contributed by atoms with Crippen LogP contribution in [0, 0.1) is 0 Å². The summed E-state index contributed by atoms with van der Waals surface area (Å²) in [7, 11) is 1.66. The van der Waals surface area contributed by atoms with Gasteiger partial charge in [0.1, 0.15) is 11.5 Å². The summed E-state index contributed by atoms with van der Waals surface area (Å²) in [6.07, 6.45) is 2.29. The molecule has 1 aromatic carbocycles. The summed E-state index contributed by atoms with van der Waals surface area (Å²) in [6, 6.07) is 5.57. The van der Waals surface area contributed by atoms with E-state index >= 15 is 0 Å². The van der Waals surface area contributed by atoms with Crippen LogP contribution in [0.25, 0.3) is 0 Å².